The van der Waals surface area contributed by atoms with Crippen LogP contribution >= 0.6 is 0 Å². The lowest BCUT2D eigenvalue weighted by atomic mass is 9.58. The molecule has 1 amide bonds. The molecule has 0 radical (unpaired) electrons. The minimum atomic E-state index is -0.527. The Morgan fingerprint density at radius 1 is 1.06 bits per heavy atom. The summed E-state index contributed by atoms with van der Waals surface area (Å²) in [7, 11) is 0. The van der Waals surface area contributed by atoms with Crippen molar-refractivity contribution in [3.8, 4) is 11.1 Å². The zero-order valence-corrected chi connectivity index (χ0v) is 20.8. The zero-order chi connectivity index (χ0) is 24.5. The van der Waals surface area contributed by atoms with Crippen LogP contribution in [0, 0.1) is 5.92 Å². The van der Waals surface area contributed by atoms with Gasteiger partial charge in [0.2, 0.25) is 0 Å². The van der Waals surface area contributed by atoms with Gasteiger partial charge in [-0.25, -0.2) is 4.98 Å². The molecule has 2 bridgehead atoms. The Hall–Kier alpha value is -2.48. The second-order valence-electron chi connectivity index (χ2n) is 12.2. The van der Waals surface area contributed by atoms with E-state index in [-0.39, 0.29) is 22.7 Å². The number of carbonyl (C=O) groups is 1. The largest absolute Gasteiger partial charge is 0.390 e. The van der Waals surface area contributed by atoms with E-state index in [1.807, 2.05) is 6.07 Å². The van der Waals surface area contributed by atoms with Gasteiger partial charge in [0.05, 0.1) is 30.4 Å². The van der Waals surface area contributed by atoms with Crippen molar-refractivity contribution in [3.05, 3.63) is 47.7 Å². The average molecular weight is 489 g/mol. The van der Waals surface area contributed by atoms with Crippen LogP contribution in [0.3, 0.4) is 0 Å². The van der Waals surface area contributed by atoms with Crippen LogP contribution < -0.4 is 11.1 Å². The Balaban J connectivity index is 1.09. The van der Waals surface area contributed by atoms with Gasteiger partial charge in [-0.05, 0) is 74.5 Å². The molecule has 6 aliphatic rings. The third kappa shape index (κ3) is 3.51. The van der Waals surface area contributed by atoms with Gasteiger partial charge in [0.25, 0.3) is 5.91 Å². The van der Waals surface area contributed by atoms with E-state index >= 15 is 0 Å². The number of benzene rings is 1. The number of hydrogen-bond acceptors (Lipinski definition) is 6. The maximum Gasteiger partial charge on any atom is 0.255 e. The molecule has 2 aromatic rings. The highest BCUT2D eigenvalue weighted by Crippen LogP contribution is 2.54. The summed E-state index contributed by atoms with van der Waals surface area (Å²) >= 11 is 0. The Kier molecular flexibility index (Phi) is 5.05. The van der Waals surface area contributed by atoms with Crippen LogP contribution in [0.5, 0.6) is 0 Å². The lowest BCUT2D eigenvalue weighted by molar-refractivity contribution is -0.0702. The Bertz CT molecular complexity index is 1170. The van der Waals surface area contributed by atoms with Gasteiger partial charge in [0.1, 0.15) is 5.82 Å². The first-order valence-electron chi connectivity index (χ1n) is 13.6. The maximum absolute atomic E-state index is 13.3. The number of pyridine rings is 1. The van der Waals surface area contributed by atoms with E-state index < -0.39 is 5.60 Å². The number of fused-ring (bicyclic) bond motifs is 4. The number of nitrogen functional groups attached to an aromatic ring is 1. The fraction of sp³-hybridized carbons (Fsp3) is 0.586. The fourth-order valence-corrected chi connectivity index (χ4v) is 7.54. The highest BCUT2D eigenvalue weighted by Gasteiger charge is 2.55. The van der Waals surface area contributed by atoms with Crippen molar-refractivity contribution in [1.82, 2.24) is 15.2 Å². The molecule has 1 aromatic heterocycles. The zero-order valence-electron chi connectivity index (χ0n) is 20.8. The SMILES string of the molecule is Nc1ncc(-c2ccc([C@@]34CC[C@@H]3CN(C3COC3)C4)cc2)cc1C(=O)NC12CCC(O)(CC1)CC2. The van der Waals surface area contributed by atoms with Crippen LogP contribution in [-0.4, -0.2) is 64.4 Å². The first-order chi connectivity index (χ1) is 17.4. The number of hydrogen-bond donors (Lipinski definition) is 3. The van der Waals surface area contributed by atoms with Crippen molar-refractivity contribution >= 4 is 11.7 Å². The van der Waals surface area contributed by atoms with E-state index in [1.165, 1.54) is 24.9 Å². The molecule has 6 fully saturated rings. The molecule has 7 heteroatoms. The molecule has 4 aliphatic carbocycles. The summed E-state index contributed by atoms with van der Waals surface area (Å²) in [5.41, 5.74) is 9.51. The molecule has 7 nitrogen and oxygen atoms in total. The highest BCUT2D eigenvalue weighted by atomic mass is 16.5. The number of carbonyl (C=O) groups excluding carboxylic acids is 1. The number of nitrogens with one attached hydrogen (secondary N) is 1. The van der Waals surface area contributed by atoms with Gasteiger partial charge in [-0.3, -0.25) is 9.69 Å². The van der Waals surface area contributed by atoms with E-state index in [4.69, 9.17) is 10.5 Å². The molecule has 2 saturated heterocycles. The lowest BCUT2D eigenvalue weighted by Gasteiger charge is -2.51. The van der Waals surface area contributed by atoms with Crippen molar-refractivity contribution in [1.29, 1.82) is 0 Å². The molecule has 2 atom stereocenters. The molecule has 36 heavy (non-hydrogen) atoms. The number of nitrogens with two attached hydrogens (primary N) is 1. The van der Waals surface area contributed by atoms with Crippen LogP contribution in [-0.2, 0) is 10.2 Å². The predicted octanol–water partition coefficient (Wildman–Crippen LogP) is 3.26. The van der Waals surface area contributed by atoms with Crippen LogP contribution in [0.25, 0.3) is 11.1 Å². The van der Waals surface area contributed by atoms with Crippen LogP contribution in [0.4, 0.5) is 5.82 Å². The summed E-state index contributed by atoms with van der Waals surface area (Å²) in [5.74, 6) is 0.843. The summed E-state index contributed by atoms with van der Waals surface area (Å²) in [6, 6.07) is 11.4. The molecule has 1 aromatic carbocycles. The van der Waals surface area contributed by atoms with Gasteiger partial charge in [-0.15, -0.1) is 0 Å². The predicted molar refractivity (Wildman–Crippen MR) is 138 cm³/mol. The summed E-state index contributed by atoms with van der Waals surface area (Å²) in [5, 5.41) is 13.8. The summed E-state index contributed by atoms with van der Waals surface area (Å²) < 4.78 is 5.44. The van der Waals surface area contributed by atoms with Gasteiger partial charge < -0.3 is 20.9 Å². The number of nitrogens with zero attached hydrogens (tertiary/aromatic N) is 2. The molecule has 4 saturated carbocycles. The van der Waals surface area contributed by atoms with Gasteiger partial charge >= 0.3 is 0 Å². The highest BCUT2D eigenvalue weighted by molar-refractivity contribution is 5.99. The van der Waals surface area contributed by atoms with E-state index in [0.29, 0.717) is 11.6 Å². The summed E-state index contributed by atoms with van der Waals surface area (Å²) in [4.78, 5) is 20.3. The van der Waals surface area contributed by atoms with Crippen LogP contribution in [0.1, 0.15) is 67.3 Å². The number of rotatable bonds is 5. The summed E-state index contributed by atoms with van der Waals surface area (Å²) in [6.45, 7) is 4.09. The van der Waals surface area contributed by atoms with Gasteiger partial charge in [0, 0.05) is 35.8 Å². The third-order valence-corrected chi connectivity index (χ3v) is 10.3. The molecule has 8 rings (SSSR count). The van der Waals surface area contributed by atoms with Crippen molar-refractivity contribution in [2.45, 2.75) is 74.0 Å². The maximum atomic E-state index is 13.3. The first-order valence-corrected chi connectivity index (χ1v) is 13.6. The smallest absolute Gasteiger partial charge is 0.255 e. The van der Waals surface area contributed by atoms with E-state index in [1.54, 1.807) is 6.20 Å². The second-order valence-corrected chi connectivity index (χ2v) is 12.2. The number of aliphatic hydroxyl groups is 1. The van der Waals surface area contributed by atoms with Crippen molar-refractivity contribution in [3.63, 3.8) is 0 Å². The molecule has 0 spiro atoms. The average Bonchev–Trinajstić information content (AvgIpc) is 3.10. The van der Waals surface area contributed by atoms with Gasteiger partial charge in [-0.2, -0.15) is 0 Å². The molecule has 0 unspecified atom stereocenters. The van der Waals surface area contributed by atoms with Crippen molar-refractivity contribution in [2.24, 2.45) is 5.92 Å². The fourth-order valence-electron chi connectivity index (χ4n) is 7.54. The van der Waals surface area contributed by atoms with Gasteiger partial charge in [0.15, 0.2) is 0 Å². The number of anilines is 1. The topological polar surface area (TPSA) is 101 Å². The van der Waals surface area contributed by atoms with Crippen LogP contribution in [0.2, 0.25) is 0 Å². The molecule has 3 heterocycles. The Morgan fingerprint density at radius 2 is 1.78 bits per heavy atom. The minimum absolute atomic E-state index is 0.159. The van der Waals surface area contributed by atoms with Gasteiger partial charge in [-0.1, -0.05) is 24.3 Å². The van der Waals surface area contributed by atoms with Crippen molar-refractivity contribution in [2.75, 3.05) is 32.0 Å². The van der Waals surface area contributed by atoms with E-state index in [2.05, 4.69) is 39.5 Å². The monoisotopic (exact) mass is 488 g/mol. The lowest BCUT2D eigenvalue weighted by Crippen LogP contribution is -2.58. The quantitative estimate of drug-likeness (QED) is 0.597. The molecule has 4 N–H and O–H groups in total. The molecule has 190 valence electrons. The normalized spacial score (nSPS) is 35.6. The molecular formula is C29H36N4O3. The number of amides is 1. The molecule has 2 aliphatic heterocycles. The standard InChI is InChI=1S/C29H36N4O3/c30-25-24(26(34)32-27-7-10-28(35,11-8-27)12-9-27)13-20(14-31-25)19-1-3-21(4-2-19)29-6-5-22(29)15-33(18-29)23-16-36-17-23/h1-4,13-14,22-23,35H,5-12,15-18H2,(H2,30,31)(H,32,34)/t22-,27?,28?,29+/m1/s1. The van der Waals surface area contributed by atoms with Crippen LogP contribution in [0.15, 0.2) is 36.5 Å². The second kappa shape index (κ2) is 8.01. The molecular weight excluding hydrogens is 452 g/mol. The Labute approximate surface area is 212 Å². The first kappa shape index (κ1) is 22.7. The van der Waals surface area contributed by atoms with E-state index in [0.717, 1.165) is 75.3 Å². The number of likely N-dealkylation sites (tertiary alicyclic amines) is 1. The van der Waals surface area contributed by atoms with E-state index in [9.17, 15) is 9.90 Å². The van der Waals surface area contributed by atoms with Crippen molar-refractivity contribution < 1.29 is 14.6 Å². The summed E-state index contributed by atoms with van der Waals surface area (Å²) in [6.07, 6.45) is 9.04. The number of aromatic nitrogens is 1. The number of ether oxygens (including phenoxy) is 1. The minimum Gasteiger partial charge on any atom is -0.390 e. The Morgan fingerprint density at radius 3 is 2.39 bits per heavy atom. The third-order valence-electron chi connectivity index (χ3n) is 10.3.